The summed E-state index contributed by atoms with van der Waals surface area (Å²) in [4.78, 5) is 0. The summed E-state index contributed by atoms with van der Waals surface area (Å²) in [5, 5.41) is 12.9. The number of rotatable bonds is 5. The van der Waals surface area contributed by atoms with Crippen molar-refractivity contribution in [1.82, 2.24) is 0 Å². The molecule has 0 fully saturated rings. The molecule has 0 saturated carbocycles. The van der Waals surface area contributed by atoms with E-state index < -0.39 is 5.41 Å². The Morgan fingerprint density at radius 3 is 1.35 bits per heavy atom. The molecule has 11 aromatic carbocycles. The number of benzene rings is 11. The lowest BCUT2D eigenvalue weighted by Crippen LogP contribution is -2.28. The van der Waals surface area contributed by atoms with Crippen molar-refractivity contribution in [2.24, 2.45) is 0 Å². The second-order valence-corrected chi connectivity index (χ2v) is 15.6. The summed E-state index contributed by atoms with van der Waals surface area (Å²) >= 11 is 0. The summed E-state index contributed by atoms with van der Waals surface area (Å²) in [6.45, 7) is 0. The zero-order chi connectivity index (χ0) is 37.5. The van der Waals surface area contributed by atoms with Crippen LogP contribution in [0.4, 0.5) is 0 Å². The first-order chi connectivity index (χ1) is 28.3. The fraction of sp³-hybridized carbons (Fsp3) is 0.0175. The van der Waals surface area contributed by atoms with Gasteiger partial charge in [0.15, 0.2) is 0 Å². The van der Waals surface area contributed by atoms with Crippen molar-refractivity contribution >= 4 is 53.9 Å². The lowest BCUT2D eigenvalue weighted by atomic mass is 9.67. The Morgan fingerprint density at radius 1 is 0.246 bits per heavy atom. The summed E-state index contributed by atoms with van der Waals surface area (Å²) < 4.78 is 0. The highest BCUT2D eigenvalue weighted by atomic mass is 14.5. The van der Waals surface area contributed by atoms with Gasteiger partial charge in [0, 0.05) is 0 Å². The highest BCUT2D eigenvalue weighted by Crippen LogP contribution is 2.56. The van der Waals surface area contributed by atoms with Gasteiger partial charge in [0.05, 0.1) is 5.41 Å². The van der Waals surface area contributed by atoms with E-state index in [-0.39, 0.29) is 0 Å². The van der Waals surface area contributed by atoms with Crippen molar-refractivity contribution < 1.29 is 0 Å². The minimum absolute atomic E-state index is 0.440. The van der Waals surface area contributed by atoms with Crippen molar-refractivity contribution in [3.05, 3.63) is 241 Å². The first-order valence-electron chi connectivity index (χ1n) is 19.9. The van der Waals surface area contributed by atoms with Crippen LogP contribution in [-0.2, 0) is 5.41 Å². The van der Waals surface area contributed by atoms with E-state index in [0.717, 1.165) is 0 Å². The van der Waals surface area contributed by atoms with Crippen LogP contribution in [0.15, 0.2) is 218 Å². The Morgan fingerprint density at radius 2 is 0.702 bits per heavy atom. The maximum absolute atomic E-state index is 2.49. The Hall–Kier alpha value is -7.28. The van der Waals surface area contributed by atoms with Gasteiger partial charge in [-0.3, -0.25) is 0 Å². The molecule has 57 heavy (non-hydrogen) atoms. The van der Waals surface area contributed by atoms with Crippen LogP contribution in [-0.4, -0.2) is 0 Å². The van der Waals surface area contributed by atoms with Crippen LogP contribution in [0.25, 0.3) is 87.2 Å². The van der Waals surface area contributed by atoms with E-state index in [1.165, 1.54) is 109 Å². The lowest BCUT2D eigenvalue weighted by molar-refractivity contribution is 0.771. The van der Waals surface area contributed by atoms with Crippen molar-refractivity contribution in [3.8, 4) is 33.4 Å². The normalized spacial score (nSPS) is 13.1. The Kier molecular flexibility index (Phi) is 6.94. The Balaban J connectivity index is 1.06. The maximum atomic E-state index is 2.49. The molecular formula is C57H36. The van der Waals surface area contributed by atoms with Crippen molar-refractivity contribution in [1.29, 1.82) is 0 Å². The molecule has 0 bridgehead atoms. The molecule has 0 aromatic heterocycles. The SMILES string of the molecule is c1ccc(C2(c3ccccc3)c3cccc4ccc5cc(-c6ccc(-c7c8ccccc8c(-c8ccc9ccccc9c8)c8ccccc78)cc6)cc2c5c34)cc1. The van der Waals surface area contributed by atoms with Gasteiger partial charge in [-0.25, -0.2) is 0 Å². The van der Waals surface area contributed by atoms with Gasteiger partial charge >= 0.3 is 0 Å². The molecule has 1 aliphatic carbocycles. The fourth-order valence-electron chi connectivity index (χ4n) is 10.3. The molecule has 12 rings (SSSR count). The van der Waals surface area contributed by atoms with Crippen molar-refractivity contribution in [2.45, 2.75) is 5.41 Å². The molecule has 0 heterocycles. The Labute approximate surface area is 331 Å². The molecule has 0 unspecified atom stereocenters. The molecule has 0 nitrogen and oxygen atoms in total. The van der Waals surface area contributed by atoms with Gasteiger partial charge in [0.2, 0.25) is 0 Å². The van der Waals surface area contributed by atoms with Crippen LogP contribution < -0.4 is 0 Å². The average Bonchev–Trinajstić information content (AvgIpc) is 3.59. The molecule has 11 aromatic rings. The second-order valence-electron chi connectivity index (χ2n) is 15.6. The third kappa shape index (κ3) is 4.62. The van der Waals surface area contributed by atoms with E-state index in [1.807, 2.05) is 0 Å². The van der Waals surface area contributed by atoms with Crippen LogP contribution in [0.5, 0.6) is 0 Å². The zero-order valence-electron chi connectivity index (χ0n) is 31.3. The molecule has 0 aliphatic heterocycles. The first-order valence-corrected chi connectivity index (χ1v) is 19.9. The highest BCUT2D eigenvalue weighted by molar-refractivity contribution is 6.22. The third-order valence-electron chi connectivity index (χ3n) is 12.7. The molecule has 1 aliphatic rings. The predicted molar refractivity (Wildman–Crippen MR) is 242 cm³/mol. The molecule has 0 saturated heterocycles. The van der Waals surface area contributed by atoms with Crippen LogP contribution in [0.2, 0.25) is 0 Å². The van der Waals surface area contributed by atoms with Crippen LogP contribution >= 0.6 is 0 Å². The summed E-state index contributed by atoms with van der Waals surface area (Å²) in [7, 11) is 0. The van der Waals surface area contributed by atoms with Gasteiger partial charge in [0.1, 0.15) is 0 Å². The summed E-state index contributed by atoms with van der Waals surface area (Å²) in [5.74, 6) is 0. The van der Waals surface area contributed by atoms with Crippen LogP contribution in [0.1, 0.15) is 22.3 Å². The summed E-state index contributed by atoms with van der Waals surface area (Å²) in [5.41, 5.74) is 12.3. The molecule has 0 spiro atoms. The Bertz CT molecular complexity index is 3280. The highest BCUT2D eigenvalue weighted by Gasteiger charge is 2.45. The number of fused-ring (bicyclic) bond motifs is 3. The van der Waals surface area contributed by atoms with E-state index in [9.17, 15) is 0 Å². The smallest absolute Gasteiger partial charge is 0.0622 e. The van der Waals surface area contributed by atoms with Gasteiger partial charge in [-0.1, -0.05) is 200 Å². The molecule has 0 amide bonds. The van der Waals surface area contributed by atoms with Crippen molar-refractivity contribution in [3.63, 3.8) is 0 Å². The maximum Gasteiger partial charge on any atom is 0.0714 e. The number of hydrogen-bond donors (Lipinski definition) is 0. The zero-order valence-corrected chi connectivity index (χ0v) is 31.3. The van der Waals surface area contributed by atoms with E-state index in [4.69, 9.17) is 0 Å². The summed E-state index contributed by atoms with van der Waals surface area (Å²) in [6.07, 6.45) is 0. The summed E-state index contributed by atoms with van der Waals surface area (Å²) in [6, 6.07) is 81.4. The average molecular weight is 721 g/mol. The molecule has 0 heteroatoms. The molecule has 0 atom stereocenters. The first kappa shape index (κ1) is 32.0. The molecular weight excluding hydrogens is 685 g/mol. The monoisotopic (exact) mass is 720 g/mol. The minimum atomic E-state index is -0.440. The van der Waals surface area contributed by atoms with Gasteiger partial charge in [0.25, 0.3) is 0 Å². The molecule has 264 valence electrons. The van der Waals surface area contributed by atoms with Gasteiger partial charge in [-0.05, 0) is 128 Å². The van der Waals surface area contributed by atoms with E-state index in [2.05, 4.69) is 218 Å². The topological polar surface area (TPSA) is 0 Å². The predicted octanol–water partition coefficient (Wildman–Crippen LogP) is 15.1. The van der Waals surface area contributed by atoms with Gasteiger partial charge in [-0.2, -0.15) is 0 Å². The van der Waals surface area contributed by atoms with E-state index >= 15 is 0 Å². The van der Waals surface area contributed by atoms with E-state index in [0.29, 0.717) is 0 Å². The third-order valence-corrected chi connectivity index (χ3v) is 12.7. The van der Waals surface area contributed by atoms with Crippen LogP contribution in [0.3, 0.4) is 0 Å². The standard InChI is InChI=1S/C57H36/c1-3-17-45(18-4-1)57(46-19-5-2-6-20-46)51-25-13-16-39-31-33-43-35-44(36-52(57)56(43)55(39)51)38-26-29-40(30-27-38)53-47-21-9-11-23-49(47)54(50-24-12-10-22-48(50)53)42-32-28-37-14-7-8-15-41(37)34-42/h1-36H. The van der Waals surface area contributed by atoms with Crippen LogP contribution in [0, 0.1) is 0 Å². The largest absolute Gasteiger partial charge is 0.0714 e. The quantitative estimate of drug-likeness (QED) is 0.123. The molecule has 0 radical (unpaired) electrons. The fourth-order valence-corrected chi connectivity index (χ4v) is 10.3. The van der Waals surface area contributed by atoms with Gasteiger partial charge < -0.3 is 0 Å². The molecule has 0 N–H and O–H groups in total. The number of hydrogen-bond acceptors (Lipinski definition) is 0. The van der Waals surface area contributed by atoms with Crippen molar-refractivity contribution in [2.75, 3.05) is 0 Å². The second kappa shape index (κ2) is 12.4. The van der Waals surface area contributed by atoms with E-state index in [1.54, 1.807) is 0 Å². The minimum Gasteiger partial charge on any atom is -0.0622 e. The van der Waals surface area contributed by atoms with Gasteiger partial charge in [-0.15, -0.1) is 0 Å². The lowest BCUT2D eigenvalue weighted by Gasteiger charge is -2.34.